The molecule has 2 N–H and O–H groups in total. The van der Waals surface area contributed by atoms with Crippen LogP contribution in [0.4, 0.5) is 5.69 Å². The number of nitrogens with one attached hydrogen (secondary N) is 2. The van der Waals surface area contributed by atoms with Crippen LogP contribution in [0.15, 0.2) is 47.6 Å². The Morgan fingerprint density at radius 1 is 1.15 bits per heavy atom. The van der Waals surface area contributed by atoms with Crippen molar-refractivity contribution in [3.8, 4) is 0 Å². The maximum atomic E-state index is 11.9. The van der Waals surface area contributed by atoms with Crippen LogP contribution in [-0.4, -0.2) is 29.5 Å². The lowest BCUT2D eigenvalue weighted by molar-refractivity contribution is -0.385. The predicted octanol–water partition coefficient (Wildman–Crippen LogP) is 2.78. The molecule has 0 saturated heterocycles. The summed E-state index contributed by atoms with van der Waals surface area (Å²) in [5, 5.41) is 17.6. The predicted molar refractivity (Wildman–Crippen MR) is 97.6 cm³/mol. The van der Waals surface area contributed by atoms with E-state index in [2.05, 4.69) is 15.8 Å². The van der Waals surface area contributed by atoms with E-state index in [4.69, 9.17) is 23.2 Å². The third-order valence-electron chi connectivity index (χ3n) is 3.08. The fourth-order valence-electron chi connectivity index (χ4n) is 1.90. The average molecular weight is 395 g/mol. The van der Waals surface area contributed by atoms with Gasteiger partial charge in [0.05, 0.1) is 23.2 Å². The molecule has 0 aliphatic carbocycles. The van der Waals surface area contributed by atoms with Crippen LogP contribution in [0.1, 0.15) is 15.9 Å². The Labute approximate surface area is 157 Å². The summed E-state index contributed by atoms with van der Waals surface area (Å²) in [5.41, 5.74) is 2.39. The lowest BCUT2D eigenvalue weighted by Gasteiger charge is -2.04. The SMILES string of the molecule is O=C(CNC(=O)c1cccc(Cl)c1)N/N=C\c1cc(Cl)ccc1[N+](=O)[O-]. The molecule has 26 heavy (non-hydrogen) atoms. The molecule has 2 aromatic carbocycles. The van der Waals surface area contributed by atoms with Crippen LogP contribution < -0.4 is 10.7 Å². The van der Waals surface area contributed by atoms with Crippen LogP contribution in [0.2, 0.25) is 10.0 Å². The number of nitro groups is 1. The number of rotatable bonds is 6. The van der Waals surface area contributed by atoms with Crippen molar-refractivity contribution >= 4 is 46.9 Å². The average Bonchev–Trinajstić information content (AvgIpc) is 2.59. The number of hydrogen-bond donors (Lipinski definition) is 2. The molecule has 0 aliphatic rings. The molecule has 0 bridgehead atoms. The second kappa shape index (κ2) is 8.93. The van der Waals surface area contributed by atoms with Gasteiger partial charge < -0.3 is 5.32 Å². The molecule has 8 nitrogen and oxygen atoms in total. The molecule has 0 atom stereocenters. The number of hydrazone groups is 1. The van der Waals surface area contributed by atoms with E-state index in [1.54, 1.807) is 18.2 Å². The first-order valence-electron chi connectivity index (χ1n) is 7.16. The van der Waals surface area contributed by atoms with Crippen LogP contribution in [0.25, 0.3) is 0 Å². The van der Waals surface area contributed by atoms with Gasteiger partial charge in [0.15, 0.2) is 0 Å². The van der Waals surface area contributed by atoms with E-state index in [0.29, 0.717) is 10.6 Å². The Morgan fingerprint density at radius 3 is 2.58 bits per heavy atom. The van der Waals surface area contributed by atoms with E-state index >= 15 is 0 Å². The van der Waals surface area contributed by atoms with Crippen LogP contribution in [-0.2, 0) is 4.79 Å². The summed E-state index contributed by atoms with van der Waals surface area (Å²) in [6, 6.07) is 10.2. The second-order valence-electron chi connectivity index (χ2n) is 4.95. The summed E-state index contributed by atoms with van der Waals surface area (Å²) < 4.78 is 0. The molecule has 2 amide bonds. The van der Waals surface area contributed by atoms with Gasteiger partial charge in [-0.25, -0.2) is 5.43 Å². The standard InChI is InChI=1S/C16H12Cl2N4O4/c17-12-3-1-2-10(6-12)16(24)19-9-15(23)21-20-8-11-7-13(18)4-5-14(11)22(25)26/h1-8H,9H2,(H,19,24)(H,21,23)/b20-8-. The van der Waals surface area contributed by atoms with Gasteiger partial charge >= 0.3 is 0 Å². The Hall–Kier alpha value is -2.97. The molecular weight excluding hydrogens is 383 g/mol. The topological polar surface area (TPSA) is 114 Å². The molecule has 0 fully saturated rings. The lowest BCUT2D eigenvalue weighted by atomic mass is 10.2. The summed E-state index contributed by atoms with van der Waals surface area (Å²) in [6.07, 6.45) is 1.10. The molecule has 0 radical (unpaired) electrons. The number of benzene rings is 2. The van der Waals surface area contributed by atoms with Crippen LogP contribution in [0.5, 0.6) is 0 Å². The van der Waals surface area contributed by atoms with Gasteiger partial charge in [0.2, 0.25) is 0 Å². The monoisotopic (exact) mass is 394 g/mol. The largest absolute Gasteiger partial charge is 0.343 e. The minimum Gasteiger partial charge on any atom is -0.343 e. The summed E-state index contributed by atoms with van der Waals surface area (Å²) in [6.45, 7) is -0.333. The van der Waals surface area contributed by atoms with Crippen LogP contribution in [0.3, 0.4) is 0 Å². The zero-order chi connectivity index (χ0) is 19.1. The number of carbonyl (C=O) groups excluding carboxylic acids is 2. The first kappa shape index (κ1) is 19.4. The van der Waals surface area contributed by atoms with Crippen molar-refractivity contribution < 1.29 is 14.5 Å². The lowest BCUT2D eigenvalue weighted by Crippen LogP contribution is -2.34. The number of nitro benzene ring substituents is 1. The van der Waals surface area contributed by atoms with Gasteiger partial charge in [0, 0.05) is 21.7 Å². The number of hydrogen-bond acceptors (Lipinski definition) is 5. The third kappa shape index (κ3) is 5.54. The van der Waals surface area contributed by atoms with Gasteiger partial charge in [0.25, 0.3) is 17.5 Å². The van der Waals surface area contributed by atoms with E-state index in [9.17, 15) is 19.7 Å². The zero-order valence-electron chi connectivity index (χ0n) is 13.1. The number of nitrogens with zero attached hydrogens (tertiary/aromatic N) is 2. The molecule has 134 valence electrons. The van der Waals surface area contributed by atoms with Gasteiger partial charge in [-0.3, -0.25) is 19.7 Å². The maximum absolute atomic E-state index is 11.9. The van der Waals surface area contributed by atoms with Crippen LogP contribution >= 0.6 is 23.2 Å². The molecule has 0 aliphatic heterocycles. The first-order chi connectivity index (χ1) is 12.4. The van der Waals surface area contributed by atoms with E-state index in [1.807, 2.05) is 0 Å². The normalized spacial score (nSPS) is 10.5. The summed E-state index contributed by atoms with van der Waals surface area (Å²) in [5.74, 6) is -1.08. The van der Waals surface area contributed by atoms with Gasteiger partial charge in [-0.05, 0) is 30.3 Å². The van der Waals surface area contributed by atoms with Gasteiger partial charge in [-0.1, -0.05) is 29.3 Å². The van der Waals surface area contributed by atoms with E-state index in [-0.39, 0.29) is 22.8 Å². The molecule has 0 aromatic heterocycles. The summed E-state index contributed by atoms with van der Waals surface area (Å²) in [7, 11) is 0. The molecule has 10 heteroatoms. The minimum absolute atomic E-state index is 0.130. The molecule has 0 spiro atoms. The second-order valence-corrected chi connectivity index (χ2v) is 5.82. The minimum atomic E-state index is -0.610. The van der Waals surface area contributed by atoms with Crippen molar-refractivity contribution in [2.24, 2.45) is 5.10 Å². The number of amides is 2. The molecule has 2 rings (SSSR count). The van der Waals surface area contributed by atoms with Gasteiger partial charge in [-0.15, -0.1) is 0 Å². The number of carbonyl (C=O) groups is 2. The first-order valence-corrected chi connectivity index (χ1v) is 7.92. The zero-order valence-corrected chi connectivity index (χ0v) is 14.6. The summed E-state index contributed by atoms with van der Waals surface area (Å²) >= 11 is 11.6. The van der Waals surface area contributed by atoms with Gasteiger partial charge in [-0.2, -0.15) is 5.10 Å². The Balaban J connectivity index is 1.91. The highest BCUT2D eigenvalue weighted by molar-refractivity contribution is 6.31. The van der Waals surface area contributed by atoms with Crippen LogP contribution in [0, 0.1) is 10.1 Å². The highest BCUT2D eigenvalue weighted by Gasteiger charge is 2.12. The van der Waals surface area contributed by atoms with Crippen molar-refractivity contribution in [1.82, 2.24) is 10.7 Å². The van der Waals surface area contributed by atoms with Crippen molar-refractivity contribution in [2.45, 2.75) is 0 Å². The summed E-state index contributed by atoms with van der Waals surface area (Å²) in [4.78, 5) is 33.9. The molecule has 0 unspecified atom stereocenters. The highest BCUT2D eigenvalue weighted by Crippen LogP contribution is 2.20. The highest BCUT2D eigenvalue weighted by atomic mass is 35.5. The molecule has 0 saturated carbocycles. The van der Waals surface area contributed by atoms with E-state index < -0.39 is 16.7 Å². The molecule has 2 aromatic rings. The fraction of sp³-hybridized carbons (Fsp3) is 0.0625. The van der Waals surface area contributed by atoms with Crippen molar-refractivity contribution in [2.75, 3.05) is 6.54 Å². The molecule has 0 heterocycles. The number of halogens is 2. The Bertz CT molecular complexity index is 886. The fourth-order valence-corrected chi connectivity index (χ4v) is 2.27. The van der Waals surface area contributed by atoms with E-state index in [0.717, 1.165) is 6.21 Å². The van der Waals surface area contributed by atoms with E-state index in [1.165, 1.54) is 24.3 Å². The Kier molecular flexibility index (Phi) is 6.65. The third-order valence-corrected chi connectivity index (χ3v) is 3.55. The quantitative estimate of drug-likeness (QED) is 0.445. The van der Waals surface area contributed by atoms with Crippen molar-refractivity contribution in [3.05, 3.63) is 73.8 Å². The van der Waals surface area contributed by atoms with Gasteiger partial charge in [0.1, 0.15) is 0 Å². The van der Waals surface area contributed by atoms with Crippen molar-refractivity contribution in [1.29, 1.82) is 0 Å². The maximum Gasteiger partial charge on any atom is 0.278 e. The molecular formula is C16H12Cl2N4O4. The Morgan fingerprint density at radius 2 is 1.88 bits per heavy atom. The van der Waals surface area contributed by atoms with Crippen molar-refractivity contribution in [3.63, 3.8) is 0 Å². The smallest absolute Gasteiger partial charge is 0.278 e.